The van der Waals surface area contributed by atoms with Crippen molar-refractivity contribution in [3.63, 3.8) is 0 Å². The van der Waals surface area contributed by atoms with Crippen LogP contribution in [0.2, 0.25) is 5.02 Å². The van der Waals surface area contributed by atoms with Crippen molar-refractivity contribution in [2.75, 3.05) is 5.73 Å². The van der Waals surface area contributed by atoms with E-state index >= 15 is 0 Å². The van der Waals surface area contributed by atoms with Crippen LogP contribution in [0.3, 0.4) is 0 Å². The molecule has 5 aromatic rings. The van der Waals surface area contributed by atoms with Gasteiger partial charge in [-0.05, 0) is 43.3 Å². The van der Waals surface area contributed by atoms with Gasteiger partial charge in [-0.15, -0.1) is 0 Å². The van der Waals surface area contributed by atoms with E-state index in [9.17, 15) is 4.39 Å². The first-order valence-electron chi connectivity index (χ1n) is 9.18. The molecule has 0 spiro atoms. The highest BCUT2D eigenvalue weighted by Crippen LogP contribution is 2.34. The summed E-state index contributed by atoms with van der Waals surface area (Å²) in [5.74, 6) is 0.0218. The van der Waals surface area contributed by atoms with Crippen LogP contribution in [-0.4, -0.2) is 25.0 Å². The summed E-state index contributed by atoms with van der Waals surface area (Å²) in [4.78, 5) is 4.31. The molecule has 150 valence electrons. The maximum Gasteiger partial charge on any atom is 0.166 e. The van der Waals surface area contributed by atoms with E-state index in [0.29, 0.717) is 16.7 Å². The maximum atomic E-state index is 13.9. The lowest BCUT2D eigenvalue weighted by molar-refractivity contribution is 0.227. The molecule has 3 heterocycles. The topological polar surface area (TPSA) is 94.6 Å². The number of pyridine rings is 1. The summed E-state index contributed by atoms with van der Waals surface area (Å²) >= 11 is 5.85. The Labute approximate surface area is 175 Å². The standard InChI is InChI=1S/C21H16ClFN6O/c1-11(30-20-7-12-5-16(23)15(22)9-17(12)27-21(20)24)14-8-18-13(10-25-28-18)6-19(14)29-4-2-3-26-29/h2-11H,1H3,(H2,24,27)(H,25,28)/t11-/m0/s1. The van der Waals surface area contributed by atoms with Gasteiger partial charge in [0, 0.05) is 28.7 Å². The molecule has 3 N–H and O–H groups in total. The molecule has 0 saturated carbocycles. The molecule has 2 aromatic carbocycles. The number of benzene rings is 2. The number of fused-ring (bicyclic) bond motifs is 2. The molecule has 9 heteroatoms. The number of aromatic nitrogens is 5. The normalized spacial score (nSPS) is 12.5. The lowest BCUT2D eigenvalue weighted by Crippen LogP contribution is -2.10. The number of nitrogens with one attached hydrogen (secondary N) is 1. The largest absolute Gasteiger partial charge is 0.482 e. The summed E-state index contributed by atoms with van der Waals surface area (Å²) in [5, 5.41) is 12.9. The average Bonchev–Trinajstić information content (AvgIpc) is 3.40. The molecule has 0 radical (unpaired) electrons. The average molecular weight is 423 g/mol. The quantitative estimate of drug-likeness (QED) is 0.433. The molecule has 0 unspecified atom stereocenters. The third kappa shape index (κ3) is 3.11. The fraction of sp³-hybridized carbons (Fsp3) is 0.0952. The SMILES string of the molecule is C[C@H](Oc1cc2cc(F)c(Cl)cc2nc1N)c1cc2[nH]ncc2cc1-n1cccn1. The molecule has 7 nitrogen and oxygen atoms in total. The van der Waals surface area contributed by atoms with Gasteiger partial charge in [0.1, 0.15) is 11.9 Å². The van der Waals surface area contributed by atoms with Crippen molar-refractivity contribution >= 4 is 39.2 Å². The Balaban J connectivity index is 1.58. The number of ether oxygens (including phenoxy) is 1. The summed E-state index contributed by atoms with van der Waals surface area (Å²) in [6.07, 6.45) is 4.91. The van der Waals surface area contributed by atoms with Crippen LogP contribution in [0.4, 0.5) is 10.2 Å². The van der Waals surface area contributed by atoms with Crippen molar-refractivity contribution in [3.8, 4) is 11.4 Å². The number of halogens is 2. The van der Waals surface area contributed by atoms with Gasteiger partial charge >= 0.3 is 0 Å². The second-order valence-electron chi connectivity index (χ2n) is 6.91. The molecule has 0 saturated heterocycles. The zero-order valence-electron chi connectivity index (χ0n) is 15.8. The van der Waals surface area contributed by atoms with Crippen molar-refractivity contribution in [1.82, 2.24) is 25.0 Å². The molecular formula is C21H16ClFN6O. The number of nitrogens with zero attached hydrogens (tertiary/aromatic N) is 4. The smallest absolute Gasteiger partial charge is 0.166 e. The van der Waals surface area contributed by atoms with Crippen LogP contribution in [0.25, 0.3) is 27.5 Å². The van der Waals surface area contributed by atoms with E-state index in [1.54, 1.807) is 23.1 Å². The number of aromatic amines is 1. The number of anilines is 1. The summed E-state index contributed by atoms with van der Waals surface area (Å²) < 4.78 is 21.8. The number of hydrogen-bond donors (Lipinski definition) is 2. The summed E-state index contributed by atoms with van der Waals surface area (Å²) in [6.45, 7) is 1.90. The van der Waals surface area contributed by atoms with Gasteiger partial charge in [0.15, 0.2) is 11.6 Å². The van der Waals surface area contributed by atoms with E-state index in [0.717, 1.165) is 22.2 Å². The Morgan fingerprint density at radius 3 is 2.87 bits per heavy atom. The van der Waals surface area contributed by atoms with Crippen molar-refractivity contribution in [2.24, 2.45) is 0 Å². The van der Waals surface area contributed by atoms with Crippen LogP contribution < -0.4 is 10.5 Å². The second-order valence-corrected chi connectivity index (χ2v) is 7.32. The molecule has 0 amide bonds. The molecule has 30 heavy (non-hydrogen) atoms. The van der Waals surface area contributed by atoms with Gasteiger partial charge in [-0.2, -0.15) is 10.2 Å². The Hall–Kier alpha value is -3.65. The summed E-state index contributed by atoms with van der Waals surface area (Å²) in [5.41, 5.74) is 9.20. The minimum absolute atomic E-state index is 0.00633. The molecule has 5 rings (SSSR count). The van der Waals surface area contributed by atoms with Crippen LogP contribution in [0.15, 0.2) is 55.0 Å². The fourth-order valence-electron chi connectivity index (χ4n) is 3.44. The van der Waals surface area contributed by atoms with E-state index < -0.39 is 11.9 Å². The zero-order chi connectivity index (χ0) is 20.8. The fourth-order valence-corrected chi connectivity index (χ4v) is 3.60. The molecule has 0 aliphatic carbocycles. The van der Waals surface area contributed by atoms with E-state index in [1.165, 1.54) is 12.1 Å². The maximum absolute atomic E-state index is 13.9. The van der Waals surface area contributed by atoms with Crippen LogP contribution in [0, 0.1) is 5.82 Å². The minimum Gasteiger partial charge on any atom is -0.482 e. The van der Waals surface area contributed by atoms with Crippen molar-refractivity contribution in [2.45, 2.75) is 13.0 Å². The summed E-state index contributed by atoms with van der Waals surface area (Å²) in [6, 6.07) is 10.2. The highest BCUT2D eigenvalue weighted by atomic mass is 35.5. The van der Waals surface area contributed by atoms with Gasteiger partial charge in [-0.1, -0.05) is 11.6 Å². The number of hydrogen-bond acceptors (Lipinski definition) is 5. The Kier molecular flexibility index (Phi) is 4.29. The lowest BCUT2D eigenvalue weighted by atomic mass is 10.1. The Morgan fingerprint density at radius 2 is 2.07 bits per heavy atom. The lowest BCUT2D eigenvalue weighted by Gasteiger charge is -2.20. The van der Waals surface area contributed by atoms with Crippen molar-refractivity contribution in [1.29, 1.82) is 0 Å². The first-order chi connectivity index (χ1) is 14.5. The highest BCUT2D eigenvalue weighted by molar-refractivity contribution is 6.31. The van der Waals surface area contributed by atoms with Gasteiger partial charge in [-0.25, -0.2) is 14.1 Å². The van der Waals surface area contributed by atoms with Gasteiger partial charge < -0.3 is 10.5 Å². The van der Waals surface area contributed by atoms with Crippen LogP contribution in [0.1, 0.15) is 18.6 Å². The second kappa shape index (κ2) is 7.00. The van der Waals surface area contributed by atoms with Crippen molar-refractivity contribution in [3.05, 3.63) is 71.4 Å². The summed E-state index contributed by atoms with van der Waals surface area (Å²) in [7, 11) is 0. The zero-order valence-corrected chi connectivity index (χ0v) is 16.6. The van der Waals surface area contributed by atoms with Crippen LogP contribution >= 0.6 is 11.6 Å². The first-order valence-corrected chi connectivity index (χ1v) is 9.56. The van der Waals surface area contributed by atoms with Gasteiger partial charge in [0.05, 0.1) is 27.9 Å². The van der Waals surface area contributed by atoms with Gasteiger partial charge in [0.25, 0.3) is 0 Å². The number of nitrogen functional groups attached to an aromatic ring is 1. The molecule has 0 bridgehead atoms. The van der Waals surface area contributed by atoms with Gasteiger partial charge in [0.2, 0.25) is 0 Å². The van der Waals surface area contributed by atoms with Crippen LogP contribution in [0.5, 0.6) is 5.75 Å². The Bertz CT molecular complexity index is 1380. The molecule has 3 aromatic heterocycles. The molecule has 0 aliphatic rings. The van der Waals surface area contributed by atoms with Gasteiger partial charge in [-0.3, -0.25) is 5.10 Å². The highest BCUT2D eigenvalue weighted by Gasteiger charge is 2.18. The van der Waals surface area contributed by atoms with Crippen molar-refractivity contribution < 1.29 is 9.13 Å². The van der Waals surface area contributed by atoms with Crippen LogP contribution in [-0.2, 0) is 0 Å². The molecule has 0 fully saturated rings. The monoisotopic (exact) mass is 422 g/mol. The predicted molar refractivity (Wildman–Crippen MR) is 113 cm³/mol. The van der Waals surface area contributed by atoms with E-state index in [1.807, 2.05) is 31.3 Å². The third-order valence-electron chi connectivity index (χ3n) is 4.93. The number of H-pyrrole nitrogens is 1. The third-order valence-corrected chi connectivity index (χ3v) is 5.22. The first kappa shape index (κ1) is 18.4. The molecular weight excluding hydrogens is 407 g/mol. The van der Waals surface area contributed by atoms with E-state index in [4.69, 9.17) is 22.1 Å². The molecule has 0 aliphatic heterocycles. The van der Waals surface area contributed by atoms with E-state index in [-0.39, 0.29) is 10.8 Å². The molecule has 1 atom stereocenters. The minimum atomic E-state index is -0.527. The Morgan fingerprint density at radius 1 is 1.20 bits per heavy atom. The number of nitrogens with two attached hydrogens (primary N) is 1. The predicted octanol–water partition coefficient (Wildman–Crippen LogP) is 4.81. The van der Waals surface area contributed by atoms with E-state index in [2.05, 4.69) is 20.3 Å². The number of rotatable bonds is 4.